The van der Waals surface area contributed by atoms with E-state index in [2.05, 4.69) is 17.6 Å². The van der Waals surface area contributed by atoms with Crippen molar-refractivity contribution in [1.82, 2.24) is 4.98 Å². The zero-order valence-corrected chi connectivity index (χ0v) is 21.8. The highest BCUT2D eigenvalue weighted by Crippen LogP contribution is 2.39. The molecular formula is C28H34N2O9. The van der Waals surface area contributed by atoms with Gasteiger partial charge in [0.05, 0.1) is 43.0 Å². The van der Waals surface area contributed by atoms with Gasteiger partial charge in [-0.15, -0.1) is 6.58 Å². The SMILES string of the molecule is C=C[C@H]1[C@H](O[C@@H]2O[C@H](CO)[C@@H](O)[C@H](O)[C@H]2O)OC=C(C(=O)OC)[C@H]1CC1=N[C@H](C)Cc2c1[nH]c1ccccc21. The standard InChI is InChI=1S/C28H34N2O9/c1-4-14-16(10-20-22-17(9-13(2)29-20)15-7-5-6-8-19(15)30-22)18(26(35)36-3)12-37-27(14)39-28-25(34)24(33)23(32)21(11-31)38-28/h4-8,12-14,16,21,23-25,27-28,30-34H,1,9-11H2,2-3H3/t13-,14-,16+,21-,23-,24+,25-,27+,28+/m1/s1. The highest BCUT2D eigenvalue weighted by molar-refractivity contribution is 6.07. The van der Waals surface area contributed by atoms with E-state index >= 15 is 0 Å². The number of carbonyl (C=O) groups is 1. The van der Waals surface area contributed by atoms with E-state index in [1.54, 1.807) is 6.08 Å². The third-order valence-corrected chi connectivity index (χ3v) is 7.71. The zero-order chi connectivity index (χ0) is 27.8. The Kier molecular flexibility index (Phi) is 7.90. The van der Waals surface area contributed by atoms with Crippen molar-refractivity contribution in [2.24, 2.45) is 16.8 Å². The Morgan fingerprint density at radius 2 is 1.97 bits per heavy atom. The van der Waals surface area contributed by atoms with E-state index in [-0.39, 0.29) is 11.6 Å². The van der Waals surface area contributed by atoms with Gasteiger partial charge in [0.25, 0.3) is 0 Å². The van der Waals surface area contributed by atoms with Crippen molar-refractivity contribution in [2.75, 3.05) is 13.7 Å². The summed E-state index contributed by atoms with van der Waals surface area (Å²) >= 11 is 0. The van der Waals surface area contributed by atoms with E-state index in [0.29, 0.717) is 6.42 Å². The molecular weight excluding hydrogens is 508 g/mol. The maximum absolute atomic E-state index is 12.8. The van der Waals surface area contributed by atoms with Gasteiger partial charge in [-0.2, -0.15) is 0 Å². The molecule has 1 aromatic carbocycles. The van der Waals surface area contributed by atoms with Gasteiger partial charge in [0.2, 0.25) is 6.29 Å². The summed E-state index contributed by atoms with van der Waals surface area (Å²) in [4.78, 5) is 21.2. The van der Waals surface area contributed by atoms with E-state index in [9.17, 15) is 25.2 Å². The summed E-state index contributed by atoms with van der Waals surface area (Å²) in [6, 6.07) is 8.08. The summed E-state index contributed by atoms with van der Waals surface area (Å²) in [6.45, 7) is 5.39. The van der Waals surface area contributed by atoms with Crippen LogP contribution in [0.2, 0.25) is 0 Å². The van der Waals surface area contributed by atoms with Crippen molar-refractivity contribution in [3.8, 4) is 0 Å². The molecule has 0 radical (unpaired) electrons. The Bertz CT molecular complexity index is 1290. The fraction of sp³-hybridized carbons (Fsp3) is 0.500. The number of nitrogens with zero attached hydrogens (tertiary/aromatic N) is 1. The number of esters is 1. The van der Waals surface area contributed by atoms with Crippen molar-refractivity contribution in [1.29, 1.82) is 0 Å². The zero-order valence-electron chi connectivity index (χ0n) is 21.8. The summed E-state index contributed by atoms with van der Waals surface area (Å²) in [5.74, 6) is -1.72. The fourth-order valence-electron chi connectivity index (χ4n) is 5.68. The lowest BCUT2D eigenvalue weighted by Gasteiger charge is -2.43. The third-order valence-electron chi connectivity index (χ3n) is 7.71. The molecule has 0 spiro atoms. The van der Waals surface area contributed by atoms with Crippen LogP contribution in [0, 0.1) is 11.8 Å². The van der Waals surface area contributed by atoms with E-state index in [1.165, 1.54) is 18.9 Å². The smallest absolute Gasteiger partial charge is 0.337 e. The lowest BCUT2D eigenvalue weighted by Crippen LogP contribution is -2.60. The molecule has 9 atom stereocenters. The predicted molar refractivity (Wildman–Crippen MR) is 140 cm³/mol. The number of fused-ring (bicyclic) bond motifs is 3. The van der Waals surface area contributed by atoms with Gasteiger partial charge in [-0.1, -0.05) is 24.3 Å². The number of hydrogen-bond donors (Lipinski definition) is 5. The molecule has 0 unspecified atom stereocenters. The lowest BCUT2D eigenvalue weighted by atomic mass is 9.79. The van der Waals surface area contributed by atoms with E-state index < -0.39 is 61.4 Å². The molecule has 3 aliphatic heterocycles. The molecule has 4 heterocycles. The first-order valence-corrected chi connectivity index (χ1v) is 13.0. The van der Waals surface area contributed by atoms with Crippen LogP contribution in [0.1, 0.15) is 24.6 Å². The lowest BCUT2D eigenvalue weighted by molar-refractivity contribution is -0.339. The van der Waals surface area contributed by atoms with Crippen LogP contribution < -0.4 is 0 Å². The molecule has 3 aliphatic rings. The minimum atomic E-state index is -1.61. The third kappa shape index (κ3) is 5.02. The second-order valence-electron chi connectivity index (χ2n) is 10.2. The fourth-order valence-corrected chi connectivity index (χ4v) is 5.68. The van der Waals surface area contributed by atoms with Gasteiger partial charge in [0.1, 0.15) is 24.4 Å². The first-order valence-electron chi connectivity index (χ1n) is 13.0. The molecule has 1 aromatic heterocycles. The van der Waals surface area contributed by atoms with E-state index in [4.69, 9.17) is 23.9 Å². The number of methoxy groups -OCH3 is 1. The Labute approximate surface area is 225 Å². The van der Waals surface area contributed by atoms with Gasteiger partial charge < -0.3 is 44.4 Å². The Balaban J connectivity index is 1.46. The molecule has 210 valence electrons. The van der Waals surface area contributed by atoms with Crippen molar-refractivity contribution in [3.63, 3.8) is 0 Å². The minimum Gasteiger partial charge on any atom is -0.471 e. The number of para-hydroxylation sites is 1. The predicted octanol–water partition coefficient (Wildman–Crippen LogP) is 0.940. The number of aliphatic hydroxyl groups is 4. The normalized spacial score (nSPS) is 34.5. The number of H-pyrrole nitrogens is 1. The molecule has 0 amide bonds. The molecule has 39 heavy (non-hydrogen) atoms. The van der Waals surface area contributed by atoms with Crippen LogP contribution in [0.15, 0.2) is 53.7 Å². The molecule has 2 aromatic rings. The average molecular weight is 543 g/mol. The van der Waals surface area contributed by atoms with Crippen LogP contribution in [0.3, 0.4) is 0 Å². The summed E-state index contributed by atoms with van der Waals surface area (Å²) in [5, 5.41) is 41.4. The van der Waals surface area contributed by atoms with Crippen LogP contribution >= 0.6 is 0 Å². The van der Waals surface area contributed by atoms with Crippen molar-refractivity contribution in [3.05, 3.63) is 60.0 Å². The van der Waals surface area contributed by atoms with E-state index in [0.717, 1.165) is 28.7 Å². The minimum absolute atomic E-state index is 0.0282. The maximum atomic E-state index is 12.8. The highest BCUT2D eigenvalue weighted by Gasteiger charge is 2.48. The quantitative estimate of drug-likeness (QED) is 0.253. The number of aromatic amines is 1. The summed E-state index contributed by atoms with van der Waals surface area (Å²) in [7, 11) is 1.29. The van der Waals surface area contributed by atoms with Crippen molar-refractivity contribution >= 4 is 22.6 Å². The number of benzene rings is 1. The Hall–Kier alpha value is -3.06. The molecule has 0 aliphatic carbocycles. The molecule has 0 saturated carbocycles. The van der Waals surface area contributed by atoms with Crippen molar-refractivity contribution in [2.45, 2.75) is 62.8 Å². The van der Waals surface area contributed by atoms with Gasteiger partial charge in [-0.3, -0.25) is 4.99 Å². The number of nitrogens with one attached hydrogen (secondary N) is 1. The summed E-state index contributed by atoms with van der Waals surface area (Å²) in [6.07, 6.45) is -4.42. The van der Waals surface area contributed by atoms with Crippen LogP contribution in [0.4, 0.5) is 0 Å². The first kappa shape index (κ1) is 27.5. The second kappa shape index (κ2) is 11.2. The number of rotatable bonds is 7. The Morgan fingerprint density at radius 3 is 2.69 bits per heavy atom. The molecule has 1 saturated heterocycles. The molecule has 0 bridgehead atoms. The van der Waals surface area contributed by atoms with Gasteiger partial charge in [0.15, 0.2) is 6.29 Å². The number of hydrogen-bond acceptors (Lipinski definition) is 10. The van der Waals surface area contributed by atoms with E-state index in [1.807, 2.05) is 25.1 Å². The van der Waals surface area contributed by atoms with Crippen LogP contribution in [0.25, 0.3) is 10.9 Å². The summed E-state index contributed by atoms with van der Waals surface area (Å²) < 4.78 is 22.2. The summed E-state index contributed by atoms with van der Waals surface area (Å²) in [5.41, 5.74) is 4.15. The van der Waals surface area contributed by atoms with Gasteiger partial charge in [-0.25, -0.2) is 4.79 Å². The Morgan fingerprint density at radius 1 is 1.21 bits per heavy atom. The second-order valence-corrected chi connectivity index (χ2v) is 10.2. The monoisotopic (exact) mass is 542 g/mol. The highest BCUT2D eigenvalue weighted by atomic mass is 16.8. The van der Waals surface area contributed by atoms with Crippen LogP contribution in [0.5, 0.6) is 0 Å². The topological polar surface area (TPSA) is 163 Å². The number of aliphatic imine (C=N–C) groups is 1. The van der Waals surface area contributed by atoms with Crippen molar-refractivity contribution < 1.29 is 44.2 Å². The maximum Gasteiger partial charge on any atom is 0.337 e. The largest absolute Gasteiger partial charge is 0.471 e. The molecule has 1 fully saturated rings. The molecule has 11 heteroatoms. The van der Waals surface area contributed by atoms with Gasteiger partial charge in [-0.05, 0) is 31.4 Å². The molecule has 5 N–H and O–H groups in total. The number of ether oxygens (including phenoxy) is 4. The molecule has 11 nitrogen and oxygen atoms in total. The number of carbonyl (C=O) groups excluding carboxylic acids is 1. The first-order chi connectivity index (χ1) is 18.8. The number of aliphatic hydroxyl groups excluding tert-OH is 4. The van der Waals surface area contributed by atoms with Crippen LogP contribution in [-0.4, -0.2) is 93.8 Å². The molecule has 5 rings (SSSR count). The van der Waals surface area contributed by atoms with Gasteiger partial charge in [0, 0.05) is 22.7 Å². The van der Waals surface area contributed by atoms with Crippen LogP contribution in [-0.2, 0) is 30.2 Å². The number of aromatic nitrogens is 1. The average Bonchev–Trinajstić information content (AvgIpc) is 3.31. The van der Waals surface area contributed by atoms with Gasteiger partial charge >= 0.3 is 5.97 Å².